The van der Waals surface area contributed by atoms with Crippen molar-refractivity contribution in [1.29, 1.82) is 0 Å². The average Bonchev–Trinajstić information content (AvgIpc) is 3.51. The number of likely N-dealkylation sites (tertiary alicyclic amines) is 2. The smallest absolute Gasteiger partial charge is 0.255 e. The van der Waals surface area contributed by atoms with E-state index < -0.39 is 5.92 Å². The van der Waals surface area contributed by atoms with Crippen LogP contribution in [0.2, 0.25) is 5.02 Å². The second-order valence-electron chi connectivity index (χ2n) is 9.80. The molecule has 2 aromatic rings. The molecule has 0 saturated carbocycles. The topological polar surface area (TPSA) is 81.3 Å². The summed E-state index contributed by atoms with van der Waals surface area (Å²) in [6.07, 6.45) is 8.73. The molecule has 1 aromatic heterocycles. The number of imidazole rings is 1. The number of fused-ring (bicyclic) bond motifs is 1. The number of carbonyl (C=O) groups is 2. The standard InChI is InChI=1S/C26H31Cl2N5O2/c27-19-6-8-22-23(13-19)31-24(30-22)14-29-25(34)18-5-7-20(21(28)12-18)26(35)33-11-3-4-17(16-33)15-32-9-1-2-10-32/h6-8,12-13,17-18H,1-5,9-11,14-16H2,(H,29,34)(H,30,31). The van der Waals surface area contributed by atoms with Crippen LogP contribution in [0.25, 0.3) is 11.0 Å². The Bertz CT molecular complexity index is 1170. The minimum absolute atomic E-state index is 0.0165. The maximum Gasteiger partial charge on any atom is 0.255 e. The van der Waals surface area contributed by atoms with E-state index in [1.54, 1.807) is 18.2 Å². The van der Waals surface area contributed by atoms with Gasteiger partial charge in [-0.05, 0) is 69.3 Å². The van der Waals surface area contributed by atoms with Crippen molar-refractivity contribution in [2.24, 2.45) is 11.8 Å². The number of carbonyl (C=O) groups excluding carboxylic acids is 2. The summed E-state index contributed by atoms with van der Waals surface area (Å²) in [4.78, 5) is 38.1. The van der Waals surface area contributed by atoms with Crippen molar-refractivity contribution in [3.63, 3.8) is 0 Å². The lowest BCUT2D eigenvalue weighted by Gasteiger charge is -2.35. The molecular formula is C26H31Cl2N5O2. The number of benzene rings is 1. The van der Waals surface area contributed by atoms with Gasteiger partial charge in [-0.25, -0.2) is 4.98 Å². The SMILES string of the molecule is O=C(NCc1nc2ccc(Cl)cc2[nH]1)C1C=C(Cl)C(C(=O)N2CCCC(CN3CCCC3)C2)=CC1. The minimum atomic E-state index is -0.415. The highest BCUT2D eigenvalue weighted by atomic mass is 35.5. The number of H-pyrrole nitrogens is 1. The zero-order valence-electron chi connectivity index (χ0n) is 19.7. The van der Waals surface area contributed by atoms with Crippen molar-refractivity contribution < 1.29 is 9.59 Å². The highest BCUT2D eigenvalue weighted by Crippen LogP contribution is 2.29. The van der Waals surface area contributed by atoms with Gasteiger partial charge in [0.1, 0.15) is 5.82 Å². The van der Waals surface area contributed by atoms with E-state index in [-0.39, 0.29) is 18.4 Å². The second kappa shape index (κ2) is 10.7. The normalized spacial score (nSPS) is 23.3. The number of piperidine rings is 1. The molecule has 2 saturated heterocycles. The summed E-state index contributed by atoms with van der Waals surface area (Å²) in [6, 6.07) is 5.42. The Morgan fingerprint density at radius 2 is 1.97 bits per heavy atom. The van der Waals surface area contributed by atoms with Gasteiger partial charge in [-0.15, -0.1) is 0 Å². The molecule has 35 heavy (non-hydrogen) atoms. The number of allylic oxidation sites excluding steroid dienone is 1. The van der Waals surface area contributed by atoms with Gasteiger partial charge in [0.05, 0.1) is 29.1 Å². The Labute approximate surface area is 215 Å². The first-order valence-corrected chi connectivity index (χ1v) is 13.2. The van der Waals surface area contributed by atoms with Gasteiger partial charge in [-0.1, -0.05) is 35.4 Å². The number of nitrogens with zero attached hydrogens (tertiary/aromatic N) is 3. The van der Waals surface area contributed by atoms with Gasteiger partial charge in [0.2, 0.25) is 5.91 Å². The molecule has 2 amide bonds. The molecule has 7 nitrogen and oxygen atoms in total. The van der Waals surface area contributed by atoms with E-state index in [1.165, 1.54) is 32.4 Å². The van der Waals surface area contributed by atoms with Crippen LogP contribution >= 0.6 is 23.2 Å². The first-order chi connectivity index (χ1) is 17.0. The minimum Gasteiger partial charge on any atom is -0.348 e. The number of hydrogen-bond acceptors (Lipinski definition) is 4. The fourth-order valence-electron chi connectivity index (χ4n) is 5.37. The molecule has 2 fully saturated rings. The first kappa shape index (κ1) is 24.3. The molecule has 0 bridgehead atoms. The molecule has 2 N–H and O–H groups in total. The molecule has 3 heterocycles. The van der Waals surface area contributed by atoms with Crippen LogP contribution in [-0.4, -0.2) is 64.3 Å². The quantitative estimate of drug-likeness (QED) is 0.602. The summed E-state index contributed by atoms with van der Waals surface area (Å²) in [5.41, 5.74) is 2.14. The van der Waals surface area contributed by atoms with Gasteiger partial charge in [0.15, 0.2) is 0 Å². The van der Waals surface area contributed by atoms with Crippen LogP contribution in [0.1, 0.15) is 37.9 Å². The van der Waals surface area contributed by atoms with Crippen molar-refractivity contribution in [2.45, 2.75) is 38.6 Å². The lowest BCUT2D eigenvalue weighted by atomic mass is 9.93. The highest BCUT2D eigenvalue weighted by Gasteiger charge is 2.30. The third kappa shape index (κ3) is 5.74. The van der Waals surface area contributed by atoms with Crippen LogP contribution in [0.15, 0.2) is 41.0 Å². The van der Waals surface area contributed by atoms with E-state index in [4.69, 9.17) is 23.2 Å². The Hall–Kier alpha value is -2.35. The monoisotopic (exact) mass is 515 g/mol. The predicted octanol–water partition coefficient (Wildman–Crippen LogP) is 4.24. The fraction of sp³-hybridized carbons (Fsp3) is 0.500. The fourth-order valence-corrected chi connectivity index (χ4v) is 5.85. The van der Waals surface area contributed by atoms with Crippen molar-refractivity contribution in [3.05, 3.63) is 51.8 Å². The Balaban J connectivity index is 1.15. The molecule has 0 spiro atoms. The number of aromatic nitrogens is 2. The Morgan fingerprint density at radius 1 is 1.14 bits per heavy atom. The van der Waals surface area contributed by atoms with Crippen molar-refractivity contribution in [2.75, 3.05) is 32.7 Å². The lowest BCUT2D eigenvalue weighted by molar-refractivity contribution is -0.129. The lowest BCUT2D eigenvalue weighted by Crippen LogP contribution is -2.44. The second-order valence-corrected chi connectivity index (χ2v) is 10.6. The van der Waals surface area contributed by atoms with Crippen LogP contribution < -0.4 is 5.32 Å². The van der Waals surface area contributed by atoms with Gasteiger partial charge < -0.3 is 20.1 Å². The van der Waals surface area contributed by atoms with E-state index in [9.17, 15) is 9.59 Å². The third-order valence-corrected chi connectivity index (χ3v) is 7.76. The van der Waals surface area contributed by atoms with E-state index in [0.29, 0.717) is 33.8 Å². The first-order valence-electron chi connectivity index (χ1n) is 12.5. The summed E-state index contributed by atoms with van der Waals surface area (Å²) in [5, 5.41) is 3.90. The highest BCUT2D eigenvalue weighted by molar-refractivity contribution is 6.35. The van der Waals surface area contributed by atoms with E-state index >= 15 is 0 Å². The maximum atomic E-state index is 13.2. The van der Waals surface area contributed by atoms with E-state index in [1.807, 2.05) is 17.0 Å². The summed E-state index contributed by atoms with van der Waals surface area (Å²) >= 11 is 12.5. The summed E-state index contributed by atoms with van der Waals surface area (Å²) in [5.74, 6) is 0.597. The molecule has 2 aliphatic heterocycles. The van der Waals surface area contributed by atoms with Gasteiger partial charge in [0, 0.05) is 29.7 Å². The number of hydrogen-bond donors (Lipinski definition) is 2. The summed E-state index contributed by atoms with van der Waals surface area (Å²) in [7, 11) is 0. The molecular weight excluding hydrogens is 485 g/mol. The van der Waals surface area contributed by atoms with Gasteiger partial charge in [0.25, 0.3) is 5.91 Å². The predicted molar refractivity (Wildman–Crippen MR) is 138 cm³/mol. The average molecular weight is 516 g/mol. The van der Waals surface area contributed by atoms with Crippen molar-refractivity contribution in [1.82, 2.24) is 25.1 Å². The molecule has 0 radical (unpaired) electrons. The van der Waals surface area contributed by atoms with Gasteiger partial charge in [-0.3, -0.25) is 9.59 Å². The van der Waals surface area contributed by atoms with E-state index in [0.717, 1.165) is 37.1 Å². The third-order valence-electron chi connectivity index (χ3n) is 7.19. The van der Waals surface area contributed by atoms with Crippen LogP contribution in [0.4, 0.5) is 0 Å². The Kier molecular flexibility index (Phi) is 7.46. The number of halogens is 2. The number of rotatable bonds is 6. The summed E-state index contributed by atoms with van der Waals surface area (Å²) in [6.45, 7) is 5.26. The number of aromatic amines is 1. The van der Waals surface area contributed by atoms with E-state index in [2.05, 4.69) is 20.2 Å². The number of nitrogens with one attached hydrogen (secondary N) is 2. The summed E-state index contributed by atoms with van der Waals surface area (Å²) < 4.78 is 0. The molecule has 1 aromatic carbocycles. The van der Waals surface area contributed by atoms with Crippen molar-refractivity contribution in [3.8, 4) is 0 Å². The zero-order valence-corrected chi connectivity index (χ0v) is 21.2. The van der Waals surface area contributed by atoms with Crippen molar-refractivity contribution >= 4 is 46.0 Å². The van der Waals surface area contributed by atoms with Crippen LogP contribution in [0.3, 0.4) is 0 Å². The van der Waals surface area contributed by atoms with Gasteiger partial charge in [-0.2, -0.15) is 0 Å². The molecule has 3 aliphatic rings. The molecule has 186 valence electrons. The molecule has 1 aliphatic carbocycles. The largest absolute Gasteiger partial charge is 0.348 e. The molecule has 2 atom stereocenters. The molecule has 2 unspecified atom stereocenters. The number of amides is 2. The zero-order chi connectivity index (χ0) is 24.4. The maximum absolute atomic E-state index is 13.2. The molecule has 9 heteroatoms. The van der Waals surface area contributed by atoms with Crippen LogP contribution in [0.5, 0.6) is 0 Å². The molecule has 5 rings (SSSR count). The van der Waals surface area contributed by atoms with Crippen LogP contribution in [0, 0.1) is 11.8 Å². The van der Waals surface area contributed by atoms with Gasteiger partial charge >= 0.3 is 0 Å². The van der Waals surface area contributed by atoms with Crippen LogP contribution in [-0.2, 0) is 16.1 Å². The Morgan fingerprint density at radius 3 is 2.77 bits per heavy atom.